The number of ether oxygens (including phenoxy) is 2. The SMILES string of the molecule is CCCOc1ccccc1Oc1ncc(N)cc1Cl. The Morgan fingerprint density at radius 1 is 1.26 bits per heavy atom. The lowest BCUT2D eigenvalue weighted by atomic mass is 10.3. The van der Waals surface area contributed by atoms with Crippen LogP contribution in [0.3, 0.4) is 0 Å². The molecule has 0 fully saturated rings. The second-order valence-corrected chi connectivity index (χ2v) is 4.36. The minimum atomic E-state index is 0.309. The molecule has 1 aromatic heterocycles. The van der Waals surface area contributed by atoms with Crippen molar-refractivity contribution < 1.29 is 9.47 Å². The number of rotatable bonds is 5. The van der Waals surface area contributed by atoms with E-state index < -0.39 is 0 Å². The molecule has 1 aromatic carbocycles. The van der Waals surface area contributed by atoms with Crippen LogP contribution in [0.25, 0.3) is 0 Å². The van der Waals surface area contributed by atoms with E-state index >= 15 is 0 Å². The number of pyridine rings is 1. The van der Waals surface area contributed by atoms with Gasteiger partial charge in [-0.2, -0.15) is 0 Å². The molecule has 1 heterocycles. The highest BCUT2D eigenvalue weighted by Crippen LogP contribution is 2.34. The lowest BCUT2D eigenvalue weighted by Gasteiger charge is -2.12. The predicted molar refractivity (Wildman–Crippen MR) is 76.0 cm³/mol. The quantitative estimate of drug-likeness (QED) is 0.901. The third-order valence-corrected chi connectivity index (χ3v) is 2.62. The minimum absolute atomic E-state index is 0.309. The second kappa shape index (κ2) is 6.29. The van der Waals surface area contributed by atoms with Gasteiger partial charge in [0.05, 0.1) is 18.5 Å². The predicted octanol–water partition coefficient (Wildman–Crippen LogP) is 3.90. The maximum Gasteiger partial charge on any atom is 0.238 e. The maximum atomic E-state index is 6.03. The van der Waals surface area contributed by atoms with E-state index in [0.717, 1.165) is 6.42 Å². The van der Waals surface area contributed by atoms with Crippen molar-refractivity contribution in [1.82, 2.24) is 4.98 Å². The van der Waals surface area contributed by atoms with E-state index in [1.165, 1.54) is 6.20 Å². The number of para-hydroxylation sites is 2. The molecule has 2 rings (SSSR count). The Balaban J connectivity index is 2.22. The summed E-state index contributed by atoms with van der Waals surface area (Å²) in [6, 6.07) is 8.99. The minimum Gasteiger partial charge on any atom is -0.490 e. The smallest absolute Gasteiger partial charge is 0.238 e. The molecule has 0 radical (unpaired) electrons. The fourth-order valence-corrected chi connectivity index (χ4v) is 1.70. The van der Waals surface area contributed by atoms with Crippen molar-refractivity contribution in [2.24, 2.45) is 0 Å². The maximum absolute atomic E-state index is 6.03. The number of anilines is 1. The summed E-state index contributed by atoms with van der Waals surface area (Å²) >= 11 is 6.03. The molecule has 0 aliphatic rings. The molecule has 4 nitrogen and oxygen atoms in total. The molecule has 0 saturated carbocycles. The average molecular weight is 279 g/mol. The van der Waals surface area contributed by atoms with Gasteiger partial charge in [0.1, 0.15) is 5.02 Å². The fourth-order valence-electron chi connectivity index (χ4n) is 1.49. The largest absolute Gasteiger partial charge is 0.490 e. The van der Waals surface area contributed by atoms with Gasteiger partial charge in [0.2, 0.25) is 5.88 Å². The summed E-state index contributed by atoms with van der Waals surface area (Å²) in [6.07, 6.45) is 2.42. The summed E-state index contributed by atoms with van der Waals surface area (Å²) < 4.78 is 11.3. The van der Waals surface area contributed by atoms with Crippen molar-refractivity contribution >= 4 is 17.3 Å². The van der Waals surface area contributed by atoms with E-state index in [1.807, 2.05) is 25.1 Å². The zero-order valence-electron chi connectivity index (χ0n) is 10.6. The first-order valence-electron chi connectivity index (χ1n) is 6.01. The molecule has 0 aliphatic heterocycles. The summed E-state index contributed by atoms with van der Waals surface area (Å²) in [4.78, 5) is 4.06. The van der Waals surface area contributed by atoms with Crippen LogP contribution in [-0.4, -0.2) is 11.6 Å². The first-order chi connectivity index (χ1) is 9.20. The highest BCUT2D eigenvalue weighted by atomic mass is 35.5. The summed E-state index contributed by atoms with van der Waals surface area (Å²) in [5.41, 5.74) is 6.08. The van der Waals surface area contributed by atoms with Crippen molar-refractivity contribution in [2.45, 2.75) is 13.3 Å². The van der Waals surface area contributed by atoms with E-state index in [-0.39, 0.29) is 0 Å². The number of nitrogens with two attached hydrogens (primary N) is 1. The Hall–Kier alpha value is -1.94. The summed E-state index contributed by atoms with van der Waals surface area (Å²) in [5, 5.41) is 0.366. The molecule has 0 aliphatic carbocycles. The van der Waals surface area contributed by atoms with Gasteiger partial charge in [0, 0.05) is 0 Å². The van der Waals surface area contributed by atoms with Crippen LogP contribution in [0.5, 0.6) is 17.4 Å². The van der Waals surface area contributed by atoms with E-state index in [4.69, 9.17) is 26.8 Å². The van der Waals surface area contributed by atoms with Crippen molar-refractivity contribution in [1.29, 1.82) is 0 Å². The van der Waals surface area contributed by atoms with E-state index in [0.29, 0.717) is 34.7 Å². The molecule has 0 unspecified atom stereocenters. The number of nitrogen functional groups attached to an aromatic ring is 1. The molecule has 2 aromatic rings. The van der Waals surface area contributed by atoms with Crippen LogP contribution in [0.2, 0.25) is 5.02 Å². The lowest BCUT2D eigenvalue weighted by Crippen LogP contribution is -1.98. The normalized spacial score (nSPS) is 10.2. The molecule has 2 N–H and O–H groups in total. The standard InChI is InChI=1S/C14H15ClN2O2/c1-2-7-18-12-5-3-4-6-13(12)19-14-11(15)8-10(16)9-17-14/h3-6,8-9H,2,7,16H2,1H3. The summed E-state index contributed by atoms with van der Waals surface area (Å²) in [5.74, 6) is 1.55. The molecule has 19 heavy (non-hydrogen) atoms. The molecular formula is C14H15ClN2O2. The van der Waals surface area contributed by atoms with Crippen molar-refractivity contribution in [2.75, 3.05) is 12.3 Å². The van der Waals surface area contributed by atoms with Gasteiger partial charge < -0.3 is 15.2 Å². The van der Waals surface area contributed by atoms with Gasteiger partial charge in [-0.25, -0.2) is 4.98 Å². The number of halogens is 1. The highest BCUT2D eigenvalue weighted by molar-refractivity contribution is 6.32. The van der Waals surface area contributed by atoms with Gasteiger partial charge in [-0.15, -0.1) is 0 Å². The molecule has 0 atom stereocenters. The Morgan fingerprint density at radius 2 is 2.00 bits per heavy atom. The molecule has 0 saturated heterocycles. The topological polar surface area (TPSA) is 57.4 Å². The van der Waals surface area contributed by atoms with Gasteiger partial charge in [-0.1, -0.05) is 30.7 Å². The Labute approximate surface area is 117 Å². The molecule has 0 spiro atoms. The van der Waals surface area contributed by atoms with Crippen LogP contribution >= 0.6 is 11.6 Å². The first-order valence-corrected chi connectivity index (χ1v) is 6.39. The lowest BCUT2D eigenvalue weighted by molar-refractivity contribution is 0.301. The first kappa shape index (κ1) is 13.5. The van der Waals surface area contributed by atoms with Gasteiger partial charge in [-0.3, -0.25) is 0 Å². The fraction of sp³-hybridized carbons (Fsp3) is 0.214. The monoisotopic (exact) mass is 278 g/mol. The van der Waals surface area contributed by atoms with Crippen LogP contribution in [0.4, 0.5) is 5.69 Å². The summed E-state index contributed by atoms with van der Waals surface area (Å²) in [6.45, 7) is 2.67. The highest BCUT2D eigenvalue weighted by Gasteiger charge is 2.09. The molecule has 100 valence electrons. The Bertz CT molecular complexity index is 561. The van der Waals surface area contributed by atoms with Crippen molar-refractivity contribution in [3.63, 3.8) is 0 Å². The van der Waals surface area contributed by atoms with Crippen LogP contribution in [0.15, 0.2) is 36.5 Å². The number of hydrogen-bond donors (Lipinski definition) is 1. The van der Waals surface area contributed by atoms with Crippen molar-refractivity contribution in [3.05, 3.63) is 41.6 Å². The number of nitrogens with zero attached hydrogens (tertiary/aromatic N) is 1. The zero-order chi connectivity index (χ0) is 13.7. The number of aromatic nitrogens is 1. The molecule has 5 heteroatoms. The molecular weight excluding hydrogens is 264 g/mol. The van der Waals surface area contributed by atoms with Gasteiger partial charge >= 0.3 is 0 Å². The molecule has 0 amide bonds. The third kappa shape index (κ3) is 3.51. The average Bonchev–Trinajstić information content (AvgIpc) is 2.41. The zero-order valence-corrected chi connectivity index (χ0v) is 11.4. The van der Waals surface area contributed by atoms with E-state index in [1.54, 1.807) is 12.1 Å². The van der Waals surface area contributed by atoms with Crippen LogP contribution in [0.1, 0.15) is 13.3 Å². The van der Waals surface area contributed by atoms with Crippen molar-refractivity contribution in [3.8, 4) is 17.4 Å². The van der Waals surface area contributed by atoms with Gasteiger partial charge in [-0.05, 0) is 24.6 Å². The van der Waals surface area contributed by atoms with Gasteiger partial charge in [0.25, 0.3) is 0 Å². The Morgan fingerprint density at radius 3 is 2.68 bits per heavy atom. The Kier molecular flexibility index (Phi) is 4.47. The van der Waals surface area contributed by atoms with Crippen LogP contribution in [0, 0.1) is 0 Å². The van der Waals surface area contributed by atoms with Crippen LogP contribution in [-0.2, 0) is 0 Å². The van der Waals surface area contributed by atoms with E-state index in [2.05, 4.69) is 4.98 Å². The summed E-state index contributed by atoms with van der Waals surface area (Å²) in [7, 11) is 0. The number of hydrogen-bond acceptors (Lipinski definition) is 4. The third-order valence-electron chi connectivity index (χ3n) is 2.35. The second-order valence-electron chi connectivity index (χ2n) is 3.95. The van der Waals surface area contributed by atoms with Crippen LogP contribution < -0.4 is 15.2 Å². The van der Waals surface area contributed by atoms with E-state index in [9.17, 15) is 0 Å². The molecule has 0 bridgehead atoms. The number of benzene rings is 1. The van der Waals surface area contributed by atoms with Gasteiger partial charge in [0.15, 0.2) is 11.5 Å².